The molecule has 12 heteroatoms. The number of hydrogen-bond donors (Lipinski definition) is 3. The number of rotatable bonds is 9. The maximum atomic E-state index is 14.4. The molecule has 4 aliphatic rings. The molecule has 1 unspecified atom stereocenters. The first kappa shape index (κ1) is 33.7. The van der Waals surface area contributed by atoms with Crippen LogP contribution in [0.5, 0.6) is 0 Å². The number of nitrogens with zero attached hydrogens (tertiary/aromatic N) is 3. The molecule has 0 radical (unpaired) electrons. The van der Waals surface area contributed by atoms with Gasteiger partial charge in [0.15, 0.2) is 6.19 Å². The van der Waals surface area contributed by atoms with Crippen LogP contribution in [0.3, 0.4) is 0 Å². The maximum absolute atomic E-state index is 14.4. The third-order valence-corrected chi connectivity index (χ3v) is 9.97. The van der Waals surface area contributed by atoms with Crippen LogP contribution in [0.2, 0.25) is 0 Å². The molecule has 12 nitrogen and oxygen atoms in total. The SMILES string of the molecule is C=CC1C[C@]1(NC(=O)[C@@H]1C[C@@H](ON=C2c3ccccc3-c3ccccc32)CN1C(=O)[C@H](NC(=O)OC1CCCC1)C(C)(C)C)C(=O)NC#N. The van der Waals surface area contributed by atoms with E-state index in [4.69, 9.17) is 14.8 Å². The topological polar surface area (TPSA) is 162 Å². The molecule has 4 amide bonds. The molecule has 3 N–H and O–H groups in total. The third kappa shape index (κ3) is 6.62. The lowest BCUT2D eigenvalue weighted by Gasteiger charge is -2.35. The van der Waals surface area contributed by atoms with Gasteiger partial charge in [-0.1, -0.05) is 80.5 Å². The first-order valence-electron chi connectivity index (χ1n) is 16.8. The normalized spacial score (nSPS) is 24.5. The maximum Gasteiger partial charge on any atom is 0.408 e. The van der Waals surface area contributed by atoms with Crippen molar-refractivity contribution in [3.05, 3.63) is 72.3 Å². The second kappa shape index (κ2) is 13.4. The highest BCUT2D eigenvalue weighted by Gasteiger charge is 2.61. The number of amides is 4. The van der Waals surface area contributed by atoms with Gasteiger partial charge in [0.2, 0.25) is 11.8 Å². The number of ether oxygens (including phenoxy) is 1. The zero-order valence-electron chi connectivity index (χ0n) is 28.0. The van der Waals surface area contributed by atoms with Crippen molar-refractivity contribution in [1.82, 2.24) is 20.9 Å². The second-order valence-electron chi connectivity index (χ2n) is 14.3. The molecule has 0 aromatic heterocycles. The van der Waals surface area contributed by atoms with Crippen LogP contribution >= 0.6 is 0 Å². The number of fused-ring (bicyclic) bond motifs is 3. The van der Waals surface area contributed by atoms with Gasteiger partial charge in [0, 0.05) is 23.5 Å². The summed E-state index contributed by atoms with van der Waals surface area (Å²) in [5.41, 5.74) is 2.44. The molecular weight excluding hydrogens is 624 g/mol. The van der Waals surface area contributed by atoms with Crippen molar-refractivity contribution in [1.29, 1.82) is 5.26 Å². The standard InChI is InChI=1S/C37H42N6O6/c1-5-22-19-37(22,34(46)39-21-38)41-32(44)29-18-24(49-42-30-27-16-10-8-14-25(27)26-15-9-11-17-28(26)30)20-43(29)33(45)31(36(2,3)4)40-35(47)48-23-12-6-7-13-23/h5,8-11,14-17,22-24,29,31H,1,6-7,12-13,18-20H2,2-4H3,(H,39,46)(H,40,47)(H,41,44)/t22?,24-,29+,31+,37-/m1/s1. The first-order valence-corrected chi connectivity index (χ1v) is 16.8. The Labute approximate surface area is 285 Å². The molecule has 2 saturated carbocycles. The highest BCUT2D eigenvalue weighted by molar-refractivity contribution is 6.24. The number of carbonyl (C=O) groups is 4. The molecule has 1 saturated heterocycles. The van der Waals surface area contributed by atoms with Crippen molar-refractivity contribution < 1.29 is 28.8 Å². The summed E-state index contributed by atoms with van der Waals surface area (Å²) in [4.78, 5) is 61.9. The fraction of sp³-hybridized carbons (Fsp3) is 0.459. The van der Waals surface area contributed by atoms with Crippen molar-refractivity contribution in [2.75, 3.05) is 6.54 Å². The zero-order valence-corrected chi connectivity index (χ0v) is 28.0. The minimum atomic E-state index is -1.35. The Morgan fingerprint density at radius 3 is 2.18 bits per heavy atom. The van der Waals surface area contributed by atoms with E-state index in [0.29, 0.717) is 5.71 Å². The van der Waals surface area contributed by atoms with E-state index in [1.54, 1.807) is 12.3 Å². The minimum absolute atomic E-state index is 0.00516. The van der Waals surface area contributed by atoms with Crippen LogP contribution in [-0.4, -0.2) is 70.8 Å². The molecule has 6 rings (SSSR count). The summed E-state index contributed by atoms with van der Waals surface area (Å²) in [5, 5.41) is 21.4. The quantitative estimate of drug-likeness (QED) is 0.134. The van der Waals surface area contributed by atoms with Gasteiger partial charge in [0.1, 0.15) is 35.5 Å². The Balaban J connectivity index is 1.27. The van der Waals surface area contributed by atoms with Gasteiger partial charge >= 0.3 is 6.09 Å². The number of nitriles is 1. The van der Waals surface area contributed by atoms with Gasteiger partial charge in [0.25, 0.3) is 5.91 Å². The van der Waals surface area contributed by atoms with Crippen molar-refractivity contribution >= 4 is 29.5 Å². The van der Waals surface area contributed by atoms with Crippen LogP contribution in [0.1, 0.15) is 70.4 Å². The van der Waals surface area contributed by atoms with Crippen LogP contribution in [-0.2, 0) is 24.0 Å². The molecule has 0 bridgehead atoms. The number of nitrogens with one attached hydrogen (secondary N) is 3. The molecule has 1 heterocycles. The fourth-order valence-electron chi connectivity index (χ4n) is 7.21. The van der Waals surface area contributed by atoms with E-state index in [0.717, 1.165) is 47.9 Å². The molecule has 3 fully saturated rings. The molecule has 1 aliphatic heterocycles. The van der Waals surface area contributed by atoms with Gasteiger partial charge < -0.3 is 25.1 Å². The Morgan fingerprint density at radius 1 is 1.02 bits per heavy atom. The van der Waals surface area contributed by atoms with Gasteiger partial charge in [0.05, 0.1) is 6.54 Å². The van der Waals surface area contributed by atoms with Crippen molar-refractivity contribution in [3.8, 4) is 17.3 Å². The monoisotopic (exact) mass is 666 g/mol. The molecule has 5 atom stereocenters. The van der Waals surface area contributed by atoms with Crippen LogP contribution in [0.4, 0.5) is 4.79 Å². The Bertz CT molecular complexity index is 1690. The van der Waals surface area contributed by atoms with Crippen LogP contribution in [0.25, 0.3) is 11.1 Å². The predicted molar refractivity (Wildman–Crippen MR) is 181 cm³/mol. The van der Waals surface area contributed by atoms with Gasteiger partial charge in [-0.05, 0) is 48.6 Å². The lowest BCUT2D eigenvalue weighted by atomic mass is 9.85. The van der Waals surface area contributed by atoms with E-state index in [9.17, 15) is 19.2 Å². The number of oxime groups is 1. The summed E-state index contributed by atoms with van der Waals surface area (Å²) in [5.74, 6) is -2.10. The number of hydrogen-bond acceptors (Lipinski definition) is 8. The number of likely N-dealkylation sites (tertiary alicyclic amines) is 1. The average molecular weight is 667 g/mol. The van der Waals surface area contributed by atoms with E-state index < -0.39 is 53.0 Å². The summed E-state index contributed by atoms with van der Waals surface area (Å²) in [6, 6.07) is 13.7. The third-order valence-electron chi connectivity index (χ3n) is 9.97. The Kier molecular flexibility index (Phi) is 9.20. The van der Waals surface area contributed by atoms with Gasteiger partial charge in [-0.25, -0.2) is 4.79 Å². The molecule has 2 aromatic rings. The van der Waals surface area contributed by atoms with E-state index in [-0.39, 0.29) is 31.4 Å². The molecule has 256 valence electrons. The minimum Gasteiger partial charge on any atom is -0.446 e. The molecular formula is C37H42N6O6. The second-order valence-corrected chi connectivity index (χ2v) is 14.3. The summed E-state index contributed by atoms with van der Waals surface area (Å²) < 4.78 is 5.62. The highest BCUT2D eigenvalue weighted by Crippen LogP contribution is 2.45. The fourth-order valence-corrected chi connectivity index (χ4v) is 7.21. The summed E-state index contributed by atoms with van der Waals surface area (Å²) in [7, 11) is 0. The molecule has 49 heavy (non-hydrogen) atoms. The van der Waals surface area contributed by atoms with E-state index in [1.165, 1.54) is 4.90 Å². The van der Waals surface area contributed by atoms with Crippen LogP contribution < -0.4 is 16.0 Å². The highest BCUT2D eigenvalue weighted by atomic mass is 16.6. The first-order chi connectivity index (χ1) is 23.5. The average Bonchev–Trinajstić information content (AvgIpc) is 3.40. The van der Waals surface area contributed by atoms with E-state index in [2.05, 4.69) is 27.7 Å². The van der Waals surface area contributed by atoms with Crippen LogP contribution in [0.15, 0.2) is 66.3 Å². The molecule has 2 aromatic carbocycles. The summed E-state index contributed by atoms with van der Waals surface area (Å²) >= 11 is 0. The molecule has 3 aliphatic carbocycles. The van der Waals surface area contributed by atoms with Gasteiger partial charge in [-0.2, -0.15) is 5.26 Å². The summed E-state index contributed by atoms with van der Waals surface area (Å²) in [6.45, 7) is 9.24. The van der Waals surface area contributed by atoms with Crippen LogP contribution in [0, 0.1) is 22.8 Å². The number of carbonyl (C=O) groups excluding carboxylic acids is 4. The van der Waals surface area contributed by atoms with E-state index in [1.807, 2.05) is 69.3 Å². The summed E-state index contributed by atoms with van der Waals surface area (Å²) in [6.07, 6.45) is 5.48. The Morgan fingerprint density at radius 2 is 1.63 bits per heavy atom. The lowest BCUT2D eigenvalue weighted by molar-refractivity contribution is -0.143. The number of alkyl carbamates (subject to hydrolysis) is 1. The van der Waals surface area contributed by atoms with Crippen molar-refractivity contribution in [3.63, 3.8) is 0 Å². The lowest BCUT2D eigenvalue weighted by Crippen LogP contribution is -2.59. The number of benzene rings is 2. The van der Waals surface area contributed by atoms with Gasteiger partial charge in [-0.3, -0.25) is 19.7 Å². The van der Waals surface area contributed by atoms with Crippen molar-refractivity contribution in [2.45, 2.75) is 89.1 Å². The molecule has 0 spiro atoms. The largest absolute Gasteiger partial charge is 0.446 e. The van der Waals surface area contributed by atoms with Crippen molar-refractivity contribution in [2.24, 2.45) is 16.5 Å². The Hall–Kier alpha value is -5.18. The smallest absolute Gasteiger partial charge is 0.408 e. The van der Waals surface area contributed by atoms with E-state index >= 15 is 0 Å². The van der Waals surface area contributed by atoms with Gasteiger partial charge in [-0.15, -0.1) is 6.58 Å². The zero-order chi connectivity index (χ0) is 34.9. The predicted octanol–water partition coefficient (Wildman–Crippen LogP) is 4.15.